The van der Waals surface area contributed by atoms with E-state index in [2.05, 4.69) is 11.9 Å². The van der Waals surface area contributed by atoms with E-state index in [1.54, 1.807) is 0 Å². The zero-order chi connectivity index (χ0) is 13.0. The molecular formula is C14H25NO3. The van der Waals surface area contributed by atoms with Crippen molar-refractivity contribution in [2.75, 3.05) is 33.4 Å². The predicted molar refractivity (Wildman–Crippen MR) is 69.6 cm³/mol. The molecule has 0 atom stereocenters. The number of hydrogen-bond donors (Lipinski definition) is 1. The molecule has 0 amide bonds. The summed E-state index contributed by atoms with van der Waals surface area (Å²) in [4.78, 5) is 13.7. The SMILES string of the molecule is CN(CC1CCOCC1)CC1(C(=O)O)CCCC1. The molecule has 1 heterocycles. The Morgan fingerprint density at radius 3 is 2.50 bits per heavy atom. The molecule has 18 heavy (non-hydrogen) atoms. The van der Waals surface area contributed by atoms with Crippen molar-refractivity contribution in [1.82, 2.24) is 4.90 Å². The van der Waals surface area contributed by atoms with Crippen molar-refractivity contribution in [1.29, 1.82) is 0 Å². The highest BCUT2D eigenvalue weighted by Crippen LogP contribution is 2.39. The van der Waals surface area contributed by atoms with Gasteiger partial charge in [0, 0.05) is 26.3 Å². The number of carboxylic acid groups (broad SMARTS) is 1. The normalized spacial score (nSPS) is 24.6. The van der Waals surface area contributed by atoms with Gasteiger partial charge in [-0.05, 0) is 38.6 Å². The molecule has 0 spiro atoms. The maximum Gasteiger partial charge on any atom is 0.310 e. The lowest BCUT2D eigenvalue weighted by Gasteiger charge is -2.33. The number of hydrogen-bond acceptors (Lipinski definition) is 3. The molecule has 2 rings (SSSR count). The third-order valence-electron chi connectivity index (χ3n) is 4.50. The average Bonchev–Trinajstić information content (AvgIpc) is 2.80. The summed E-state index contributed by atoms with van der Waals surface area (Å²) >= 11 is 0. The van der Waals surface area contributed by atoms with Gasteiger partial charge in [0.15, 0.2) is 0 Å². The smallest absolute Gasteiger partial charge is 0.310 e. The van der Waals surface area contributed by atoms with E-state index >= 15 is 0 Å². The fourth-order valence-electron chi connectivity index (χ4n) is 3.44. The summed E-state index contributed by atoms with van der Waals surface area (Å²) < 4.78 is 5.36. The molecule has 2 fully saturated rings. The second kappa shape index (κ2) is 6.02. The Bertz CT molecular complexity index is 281. The number of ether oxygens (including phenoxy) is 1. The molecule has 1 saturated carbocycles. The van der Waals surface area contributed by atoms with Gasteiger partial charge in [-0.3, -0.25) is 4.79 Å². The second-order valence-corrected chi connectivity index (χ2v) is 6.05. The molecule has 0 aromatic heterocycles. The van der Waals surface area contributed by atoms with Gasteiger partial charge in [-0.1, -0.05) is 12.8 Å². The average molecular weight is 255 g/mol. The molecular weight excluding hydrogens is 230 g/mol. The fourth-order valence-corrected chi connectivity index (χ4v) is 3.44. The van der Waals surface area contributed by atoms with Crippen LogP contribution in [-0.4, -0.2) is 49.3 Å². The highest BCUT2D eigenvalue weighted by atomic mass is 16.5. The summed E-state index contributed by atoms with van der Waals surface area (Å²) in [6.07, 6.45) is 6.06. The maximum atomic E-state index is 11.5. The molecule has 4 nitrogen and oxygen atoms in total. The first-order chi connectivity index (χ1) is 8.62. The topological polar surface area (TPSA) is 49.8 Å². The monoisotopic (exact) mass is 255 g/mol. The Labute approximate surface area is 109 Å². The number of aliphatic carboxylic acids is 1. The van der Waals surface area contributed by atoms with E-state index in [0.29, 0.717) is 12.5 Å². The molecule has 1 N–H and O–H groups in total. The van der Waals surface area contributed by atoms with Gasteiger partial charge in [-0.15, -0.1) is 0 Å². The summed E-state index contributed by atoms with van der Waals surface area (Å²) in [5.41, 5.74) is -0.472. The van der Waals surface area contributed by atoms with Gasteiger partial charge in [0.1, 0.15) is 0 Å². The van der Waals surface area contributed by atoms with Crippen LogP contribution < -0.4 is 0 Å². The predicted octanol–water partition coefficient (Wildman–Crippen LogP) is 1.99. The molecule has 2 aliphatic rings. The van der Waals surface area contributed by atoms with E-state index in [4.69, 9.17) is 4.74 Å². The number of carbonyl (C=O) groups is 1. The summed E-state index contributed by atoms with van der Waals surface area (Å²) in [7, 11) is 2.07. The molecule has 4 heteroatoms. The second-order valence-electron chi connectivity index (χ2n) is 6.05. The molecule has 1 aliphatic carbocycles. The van der Waals surface area contributed by atoms with Gasteiger partial charge in [0.2, 0.25) is 0 Å². The quantitative estimate of drug-likeness (QED) is 0.816. The van der Waals surface area contributed by atoms with Crippen molar-refractivity contribution in [2.45, 2.75) is 38.5 Å². The molecule has 0 aromatic rings. The minimum Gasteiger partial charge on any atom is -0.481 e. The highest BCUT2D eigenvalue weighted by molar-refractivity contribution is 5.75. The Morgan fingerprint density at radius 2 is 1.94 bits per heavy atom. The van der Waals surface area contributed by atoms with Crippen LogP contribution in [0.25, 0.3) is 0 Å². The minimum absolute atomic E-state index is 0.472. The Balaban J connectivity index is 1.84. The van der Waals surface area contributed by atoms with Crippen LogP contribution in [0.2, 0.25) is 0 Å². The van der Waals surface area contributed by atoms with E-state index in [9.17, 15) is 9.90 Å². The zero-order valence-electron chi connectivity index (χ0n) is 11.4. The minimum atomic E-state index is -0.598. The molecule has 0 radical (unpaired) electrons. The van der Waals surface area contributed by atoms with Crippen molar-refractivity contribution in [3.05, 3.63) is 0 Å². The molecule has 1 saturated heterocycles. The van der Waals surface area contributed by atoms with Crippen LogP contribution in [0, 0.1) is 11.3 Å². The van der Waals surface area contributed by atoms with Crippen LogP contribution in [0.1, 0.15) is 38.5 Å². The summed E-state index contributed by atoms with van der Waals surface area (Å²) in [5.74, 6) is 0.0785. The first-order valence-electron chi connectivity index (χ1n) is 7.12. The lowest BCUT2D eigenvalue weighted by molar-refractivity contribution is -0.149. The van der Waals surface area contributed by atoms with Crippen molar-refractivity contribution >= 4 is 5.97 Å². The van der Waals surface area contributed by atoms with E-state index < -0.39 is 11.4 Å². The molecule has 0 bridgehead atoms. The van der Waals surface area contributed by atoms with Gasteiger partial charge < -0.3 is 14.7 Å². The largest absolute Gasteiger partial charge is 0.481 e. The van der Waals surface area contributed by atoms with Crippen LogP contribution >= 0.6 is 0 Å². The fraction of sp³-hybridized carbons (Fsp3) is 0.929. The van der Waals surface area contributed by atoms with E-state index in [1.807, 2.05) is 0 Å². The van der Waals surface area contributed by atoms with E-state index in [1.165, 1.54) is 0 Å². The van der Waals surface area contributed by atoms with Crippen molar-refractivity contribution < 1.29 is 14.6 Å². The number of rotatable bonds is 5. The summed E-state index contributed by atoms with van der Waals surface area (Å²) in [6.45, 7) is 3.45. The summed E-state index contributed by atoms with van der Waals surface area (Å²) in [5, 5.41) is 9.47. The van der Waals surface area contributed by atoms with Crippen molar-refractivity contribution in [3.63, 3.8) is 0 Å². The van der Waals surface area contributed by atoms with Crippen LogP contribution in [0.4, 0.5) is 0 Å². The Kier molecular flexibility index (Phi) is 4.62. The number of nitrogens with zero attached hydrogens (tertiary/aromatic N) is 1. The third-order valence-corrected chi connectivity index (χ3v) is 4.50. The standard InChI is InChI=1S/C14H25NO3/c1-15(10-12-4-8-18-9-5-12)11-14(13(16)17)6-2-3-7-14/h12H,2-11H2,1H3,(H,16,17). The van der Waals surface area contributed by atoms with E-state index in [0.717, 1.165) is 58.3 Å². The molecule has 0 unspecified atom stereocenters. The van der Waals surface area contributed by atoms with Crippen molar-refractivity contribution in [3.8, 4) is 0 Å². The van der Waals surface area contributed by atoms with Crippen molar-refractivity contribution in [2.24, 2.45) is 11.3 Å². The molecule has 1 aliphatic heterocycles. The first-order valence-corrected chi connectivity index (χ1v) is 7.12. The first kappa shape index (κ1) is 13.8. The van der Waals surface area contributed by atoms with Gasteiger partial charge in [0.05, 0.1) is 5.41 Å². The van der Waals surface area contributed by atoms with Crippen LogP contribution in [0.3, 0.4) is 0 Å². The van der Waals surface area contributed by atoms with Crippen LogP contribution in [0.5, 0.6) is 0 Å². The zero-order valence-corrected chi connectivity index (χ0v) is 11.4. The maximum absolute atomic E-state index is 11.5. The highest BCUT2D eigenvalue weighted by Gasteiger charge is 2.42. The van der Waals surface area contributed by atoms with Gasteiger partial charge in [0.25, 0.3) is 0 Å². The third kappa shape index (κ3) is 3.23. The van der Waals surface area contributed by atoms with Gasteiger partial charge >= 0.3 is 5.97 Å². The van der Waals surface area contributed by atoms with Crippen LogP contribution in [0.15, 0.2) is 0 Å². The summed E-state index contributed by atoms with van der Waals surface area (Å²) in [6, 6.07) is 0. The Morgan fingerprint density at radius 1 is 1.33 bits per heavy atom. The lowest BCUT2D eigenvalue weighted by Crippen LogP contribution is -2.42. The lowest BCUT2D eigenvalue weighted by atomic mass is 9.85. The molecule has 0 aromatic carbocycles. The van der Waals surface area contributed by atoms with E-state index in [-0.39, 0.29) is 0 Å². The van der Waals surface area contributed by atoms with Crippen LogP contribution in [-0.2, 0) is 9.53 Å². The Hall–Kier alpha value is -0.610. The van der Waals surface area contributed by atoms with Gasteiger partial charge in [-0.2, -0.15) is 0 Å². The van der Waals surface area contributed by atoms with Gasteiger partial charge in [-0.25, -0.2) is 0 Å². The molecule has 104 valence electrons. The number of carboxylic acids is 1.